The first-order chi connectivity index (χ1) is 11.6. The minimum absolute atomic E-state index is 0.0405. The Bertz CT molecular complexity index is 474. The lowest BCUT2D eigenvalue weighted by molar-refractivity contribution is -0.140. The van der Waals surface area contributed by atoms with Crippen LogP contribution in [0.3, 0.4) is 0 Å². The van der Waals surface area contributed by atoms with E-state index < -0.39 is 0 Å². The molecule has 1 heterocycles. The van der Waals surface area contributed by atoms with E-state index in [9.17, 15) is 9.59 Å². The van der Waals surface area contributed by atoms with Crippen molar-refractivity contribution in [1.82, 2.24) is 4.90 Å². The lowest BCUT2D eigenvalue weighted by atomic mass is 9.85. The van der Waals surface area contributed by atoms with Crippen molar-refractivity contribution in [2.45, 2.75) is 33.1 Å². The maximum Gasteiger partial charge on any atom is 0.233 e. The molecular formula is C19H29NO4. The Hall–Kier alpha value is -1.20. The van der Waals surface area contributed by atoms with E-state index in [0.717, 1.165) is 19.4 Å². The number of imide groups is 1. The van der Waals surface area contributed by atoms with Gasteiger partial charge in [-0.25, -0.2) is 0 Å². The van der Waals surface area contributed by atoms with Gasteiger partial charge >= 0.3 is 0 Å². The van der Waals surface area contributed by atoms with E-state index in [0.29, 0.717) is 50.5 Å². The Labute approximate surface area is 144 Å². The average molecular weight is 335 g/mol. The van der Waals surface area contributed by atoms with Crippen LogP contribution in [0.25, 0.3) is 0 Å². The third-order valence-corrected chi connectivity index (χ3v) is 5.70. The first-order valence-electron chi connectivity index (χ1n) is 9.32. The van der Waals surface area contributed by atoms with Gasteiger partial charge in [0.2, 0.25) is 11.8 Å². The maximum atomic E-state index is 12.5. The van der Waals surface area contributed by atoms with Gasteiger partial charge in [0.25, 0.3) is 0 Å². The monoisotopic (exact) mass is 335 g/mol. The fourth-order valence-corrected chi connectivity index (χ4v) is 4.13. The number of allylic oxidation sites excluding steroid dienone is 2. The molecule has 0 N–H and O–H groups in total. The lowest BCUT2D eigenvalue weighted by Crippen LogP contribution is -2.34. The molecule has 1 saturated carbocycles. The summed E-state index contributed by atoms with van der Waals surface area (Å²) in [7, 11) is 0. The standard InChI is InChI=1S/C19H29NO4/c1-3-13(2)12-24-10-9-23-8-4-7-20-18(21)16-14-5-6-15(11-14)17(16)19(20)22/h5-6,13-17H,3-4,7-12H2,1-2H3/t13-,14+,15+,16-,17+/m1/s1. The summed E-state index contributed by atoms with van der Waals surface area (Å²) in [5.41, 5.74) is 0. The Morgan fingerprint density at radius 3 is 2.33 bits per heavy atom. The van der Waals surface area contributed by atoms with Gasteiger partial charge in [0.15, 0.2) is 0 Å². The Kier molecular flexibility index (Phi) is 5.72. The van der Waals surface area contributed by atoms with Crippen molar-refractivity contribution >= 4 is 11.8 Å². The molecule has 1 saturated heterocycles. The molecule has 0 aromatic heterocycles. The number of likely N-dealkylation sites (tertiary alicyclic amines) is 1. The highest BCUT2D eigenvalue weighted by molar-refractivity contribution is 6.06. The quantitative estimate of drug-likeness (QED) is 0.349. The van der Waals surface area contributed by atoms with Gasteiger partial charge in [-0.3, -0.25) is 14.5 Å². The molecule has 0 aromatic rings. The van der Waals surface area contributed by atoms with Crippen LogP contribution in [0.15, 0.2) is 12.2 Å². The zero-order valence-electron chi connectivity index (χ0n) is 14.8. The van der Waals surface area contributed by atoms with Crippen molar-refractivity contribution in [3.8, 4) is 0 Å². The van der Waals surface area contributed by atoms with Crippen LogP contribution < -0.4 is 0 Å². The minimum Gasteiger partial charge on any atom is -0.379 e. The van der Waals surface area contributed by atoms with Gasteiger partial charge in [-0.05, 0) is 30.6 Å². The smallest absolute Gasteiger partial charge is 0.233 e. The second-order valence-electron chi connectivity index (χ2n) is 7.38. The van der Waals surface area contributed by atoms with E-state index in [1.807, 2.05) is 0 Å². The van der Waals surface area contributed by atoms with E-state index in [4.69, 9.17) is 9.47 Å². The predicted molar refractivity (Wildman–Crippen MR) is 90.1 cm³/mol. The van der Waals surface area contributed by atoms with Gasteiger partial charge in [-0.15, -0.1) is 0 Å². The lowest BCUT2D eigenvalue weighted by Gasteiger charge is -2.17. The van der Waals surface area contributed by atoms with Crippen LogP contribution >= 0.6 is 0 Å². The summed E-state index contributed by atoms with van der Waals surface area (Å²) < 4.78 is 11.1. The van der Waals surface area contributed by atoms with Crippen molar-refractivity contribution in [2.75, 3.05) is 33.0 Å². The summed E-state index contributed by atoms with van der Waals surface area (Å²) >= 11 is 0. The molecule has 2 bridgehead atoms. The normalized spacial score (nSPS) is 32.0. The number of hydrogen-bond donors (Lipinski definition) is 0. The molecule has 5 heteroatoms. The van der Waals surface area contributed by atoms with Crippen LogP contribution in [0.5, 0.6) is 0 Å². The Balaban J connectivity index is 1.31. The molecule has 0 radical (unpaired) electrons. The second-order valence-corrected chi connectivity index (χ2v) is 7.38. The Morgan fingerprint density at radius 2 is 1.71 bits per heavy atom. The zero-order chi connectivity index (χ0) is 17.1. The largest absolute Gasteiger partial charge is 0.379 e. The minimum atomic E-state index is -0.0811. The van der Waals surface area contributed by atoms with Crippen molar-refractivity contribution in [3.05, 3.63) is 12.2 Å². The number of amides is 2. The van der Waals surface area contributed by atoms with Crippen LogP contribution in [-0.2, 0) is 19.1 Å². The first-order valence-corrected chi connectivity index (χ1v) is 9.32. The predicted octanol–water partition coefficient (Wildman–Crippen LogP) is 2.26. The molecule has 2 fully saturated rings. The third-order valence-electron chi connectivity index (χ3n) is 5.70. The molecular weight excluding hydrogens is 306 g/mol. The van der Waals surface area contributed by atoms with Crippen LogP contribution in [0.2, 0.25) is 0 Å². The fraction of sp³-hybridized carbons (Fsp3) is 0.789. The SMILES string of the molecule is CC[C@@H](C)COCCOCCCN1C(=O)[C@@H]2[C@H](C1=O)[C@H]1C=C[C@H]2C1. The molecule has 1 aliphatic heterocycles. The zero-order valence-corrected chi connectivity index (χ0v) is 14.8. The molecule has 134 valence electrons. The van der Waals surface area contributed by atoms with Crippen LogP contribution in [0, 0.1) is 29.6 Å². The second kappa shape index (κ2) is 7.79. The van der Waals surface area contributed by atoms with Crippen LogP contribution in [-0.4, -0.2) is 49.7 Å². The number of carbonyl (C=O) groups is 2. The van der Waals surface area contributed by atoms with E-state index in [1.165, 1.54) is 4.90 Å². The van der Waals surface area contributed by atoms with E-state index in [-0.39, 0.29) is 23.7 Å². The topological polar surface area (TPSA) is 55.8 Å². The summed E-state index contributed by atoms with van der Waals surface area (Å²) in [5, 5.41) is 0. The van der Waals surface area contributed by atoms with Crippen molar-refractivity contribution in [2.24, 2.45) is 29.6 Å². The van der Waals surface area contributed by atoms with Gasteiger partial charge in [-0.2, -0.15) is 0 Å². The number of ether oxygens (including phenoxy) is 2. The van der Waals surface area contributed by atoms with Crippen LogP contribution in [0.1, 0.15) is 33.1 Å². The summed E-state index contributed by atoms with van der Waals surface area (Å²) in [5.74, 6) is 1.09. The van der Waals surface area contributed by atoms with Gasteiger partial charge < -0.3 is 9.47 Å². The third kappa shape index (κ3) is 3.42. The molecule has 2 aliphatic carbocycles. The first kappa shape index (κ1) is 17.6. The molecule has 2 amide bonds. The summed E-state index contributed by atoms with van der Waals surface area (Å²) in [6, 6.07) is 0. The van der Waals surface area contributed by atoms with E-state index >= 15 is 0 Å². The van der Waals surface area contributed by atoms with Gasteiger partial charge in [0.1, 0.15) is 0 Å². The number of nitrogens with zero attached hydrogens (tertiary/aromatic N) is 1. The van der Waals surface area contributed by atoms with Gasteiger partial charge in [0.05, 0.1) is 25.0 Å². The number of fused-ring (bicyclic) bond motifs is 5. The van der Waals surface area contributed by atoms with E-state index in [1.54, 1.807) is 0 Å². The summed E-state index contributed by atoms with van der Waals surface area (Å²) in [6.07, 6.45) is 7.06. The van der Waals surface area contributed by atoms with Crippen molar-refractivity contribution in [1.29, 1.82) is 0 Å². The van der Waals surface area contributed by atoms with Crippen molar-refractivity contribution in [3.63, 3.8) is 0 Å². The Morgan fingerprint density at radius 1 is 1.08 bits per heavy atom. The molecule has 0 spiro atoms. The molecule has 3 rings (SSSR count). The van der Waals surface area contributed by atoms with Gasteiger partial charge in [-0.1, -0.05) is 32.4 Å². The maximum absolute atomic E-state index is 12.5. The van der Waals surface area contributed by atoms with E-state index in [2.05, 4.69) is 26.0 Å². The van der Waals surface area contributed by atoms with Gasteiger partial charge in [0, 0.05) is 19.8 Å². The highest BCUT2D eigenvalue weighted by atomic mass is 16.5. The molecule has 5 nitrogen and oxygen atoms in total. The molecule has 24 heavy (non-hydrogen) atoms. The number of hydrogen-bond acceptors (Lipinski definition) is 4. The molecule has 0 aromatic carbocycles. The molecule has 5 atom stereocenters. The molecule has 3 aliphatic rings. The molecule has 0 unspecified atom stereocenters. The highest BCUT2D eigenvalue weighted by Gasteiger charge is 2.58. The van der Waals surface area contributed by atoms with Crippen LogP contribution in [0.4, 0.5) is 0 Å². The highest BCUT2D eigenvalue weighted by Crippen LogP contribution is 2.52. The summed E-state index contributed by atoms with van der Waals surface area (Å²) in [4.78, 5) is 26.5. The number of rotatable bonds is 10. The fourth-order valence-electron chi connectivity index (χ4n) is 4.13. The number of carbonyl (C=O) groups excluding carboxylic acids is 2. The summed E-state index contributed by atoms with van der Waals surface area (Å²) in [6.45, 7) is 7.31. The van der Waals surface area contributed by atoms with Crippen molar-refractivity contribution < 1.29 is 19.1 Å². The average Bonchev–Trinajstić information content (AvgIpc) is 3.25.